The molecule has 2 atom stereocenters. The molecule has 7 nitrogen and oxygen atoms in total. The zero-order valence-corrected chi connectivity index (χ0v) is 19.7. The molecule has 34 heavy (non-hydrogen) atoms. The van der Waals surface area contributed by atoms with Gasteiger partial charge in [-0.25, -0.2) is 4.79 Å². The van der Waals surface area contributed by atoms with Crippen molar-refractivity contribution >= 4 is 18.0 Å². The van der Waals surface area contributed by atoms with Crippen LogP contribution in [0.4, 0.5) is 4.79 Å². The van der Waals surface area contributed by atoms with Gasteiger partial charge in [-0.3, -0.25) is 9.59 Å². The second-order valence-corrected chi connectivity index (χ2v) is 9.45. The Balaban J connectivity index is 1.31. The van der Waals surface area contributed by atoms with Crippen LogP contribution < -0.4 is 5.32 Å². The molecule has 2 aliphatic rings. The van der Waals surface area contributed by atoms with E-state index in [1.807, 2.05) is 38.1 Å². The summed E-state index contributed by atoms with van der Waals surface area (Å²) in [5, 5.41) is 11.9. The molecule has 0 saturated heterocycles. The molecule has 2 amide bonds. The van der Waals surface area contributed by atoms with Gasteiger partial charge in [0.2, 0.25) is 5.91 Å². The van der Waals surface area contributed by atoms with Crippen LogP contribution in [0, 0.1) is 5.92 Å². The maximum atomic E-state index is 13.0. The third-order valence-electron chi connectivity index (χ3n) is 6.92. The largest absolute Gasteiger partial charge is 0.481 e. The Morgan fingerprint density at radius 2 is 1.65 bits per heavy atom. The number of ether oxygens (including phenoxy) is 1. The monoisotopic (exact) mass is 464 g/mol. The van der Waals surface area contributed by atoms with E-state index >= 15 is 0 Å². The van der Waals surface area contributed by atoms with Gasteiger partial charge in [0.25, 0.3) is 0 Å². The number of rotatable bonds is 8. The Hall–Kier alpha value is -3.35. The quantitative estimate of drug-likeness (QED) is 0.604. The number of benzene rings is 2. The number of carbonyl (C=O) groups excluding carboxylic acids is 2. The number of carboxylic acids is 1. The first-order chi connectivity index (χ1) is 16.3. The van der Waals surface area contributed by atoms with E-state index in [2.05, 4.69) is 29.6 Å². The maximum absolute atomic E-state index is 13.0. The van der Waals surface area contributed by atoms with Crippen molar-refractivity contribution in [2.75, 3.05) is 13.2 Å². The Morgan fingerprint density at radius 1 is 1.03 bits per heavy atom. The first kappa shape index (κ1) is 23.8. The molecule has 1 fully saturated rings. The topological polar surface area (TPSA) is 95.9 Å². The van der Waals surface area contributed by atoms with Crippen LogP contribution in [0.5, 0.6) is 0 Å². The van der Waals surface area contributed by atoms with Crippen molar-refractivity contribution in [2.45, 2.75) is 57.5 Å². The molecular formula is C27H32N2O5. The minimum absolute atomic E-state index is 0.00453. The third-order valence-corrected chi connectivity index (χ3v) is 6.92. The number of alkyl carbamates (subject to hydrolysis) is 1. The Kier molecular flexibility index (Phi) is 7.20. The van der Waals surface area contributed by atoms with Gasteiger partial charge in [-0.05, 0) is 55.4 Å². The molecule has 1 saturated carbocycles. The molecule has 2 aromatic carbocycles. The van der Waals surface area contributed by atoms with Gasteiger partial charge in [0.05, 0.1) is 6.42 Å². The molecule has 7 heteroatoms. The average Bonchev–Trinajstić information content (AvgIpc) is 3.40. The fourth-order valence-corrected chi connectivity index (χ4v) is 5.22. The van der Waals surface area contributed by atoms with Crippen molar-refractivity contribution in [3.8, 4) is 11.1 Å². The van der Waals surface area contributed by atoms with Crippen LogP contribution in [-0.2, 0) is 14.3 Å². The number of hydrogen-bond acceptors (Lipinski definition) is 4. The number of amides is 2. The van der Waals surface area contributed by atoms with Gasteiger partial charge in [-0.15, -0.1) is 0 Å². The maximum Gasteiger partial charge on any atom is 0.407 e. The Morgan fingerprint density at radius 3 is 2.24 bits per heavy atom. The summed E-state index contributed by atoms with van der Waals surface area (Å²) in [6.45, 7) is 4.24. The summed E-state index contributed by atoms with van der Waals surface area (Å²) in [5.74, 6) is -1.16. The Labute approximate surface area is 200 Å². The first-order valence-electron chi connectivity index (χ1n) is 12.0. The molecule has 0 radical (unpaired) electrons. The normalized spacial score (nSPS) is 18.9. The average molecular weight is 465 g/mol. The van der Waals surface area contributed by atoms with Gasteiger partial charge < -0.3 is 20.1 Å². The van der Waals surface area contributed by atoms with Crippen LogP contribution in [0.2, 0.25) is 0 Å². The highest BCUT2D eigenvalue weighted by Gasteiger charge is 2.35. The van der Waals surface area contributed by atoms with Crippen LogP contribution in [0.1, 0.15) is 56.6 Å². The van der Waals surface area contributed by atoms with Crippen LogP contribution in [0.3, 0.4) is 0 Å². The van der Waals surface area contributed by atoms with E-state index in [1.165, 1.54) is 11.1 Å². The molecule has 2 N–H and O–H groups in total. The van der Waals surface area contributed by atoms with E-state index in [-0.39, 0.29) is 49.4 Å². The lowest BCUT2D eigenvalue weighted by molar-refractivity contribution is -0.140. The van der Waals surface area contributed by atoms with Crippen molar-refractivity contribution in [1.29, 1.82) is 0 Å². The number of nitrogens with zero attached hydrogens (tertiary/aromatic N) is 1. The van der Waals surface area contributed by atoms with E-state index in [0.29, 0.717) is 19.3 Å². The number of carboxylic acid groups (broad SMARTS) is 1. The van der Waals surface area contributed by atoms with E-state index < -0.39 is 12.1 Å². The number of hydrogen-bond donors (Lipinski definition) is 2. The molecule has 180 valence electrons. The van der Waals surface area contributed by atoms with E-state index in [0.717, 1.165) is 11.1 Å². The second-order valence-electron chi connectivity index (χ2n) is 9.45. The highest BCUT2D eigenvalue weighted by Crippen LogP contribution is 2.44. The first-order valence-corrected chi connectivity index (χ1v) is 12.0. The Bertz CT molecular complexity index is 1020. The lowest BCUT2D eigenvalue weighted by atomic mass is 9.98. The lowest BCUT2D eigenvalue weighted by Crippen LogP contribution is -2.42. The SMILES string of the molecule is CC(C)N(CCC(=O)O)C(=O)[C@H]1CC[C@@H](NC(=O)OCC2c3ccccc3-c3ccccc32)C1. The van der Waals surface area contributed by atoms with Gasteiger partial charge >= 0.3 is 12.1 Å². The standard InChI is InChI=1S/C27H32N2O5/c1-17(2)29(14-13-25(30)31)26(32)18-11-12-19(15-18)28-27(33)34-16-24-22-9-5-3-7-20(22)21-8-4-6-10-23(21)24/h3-10,17-19,24H,11-16H2,1-2H3,(H,28,33)(H,30,31)/t18-,19+/m0/s1. The summed E-state index contributed by atoms with van der Waals surface area (Å²) < 4.78 is 5.64. The van der Waals surface area contributed by atoms with Crippen LogP contribution >= 0.6 is 0 Å². The molecule has 2 aromatic rings. The number of carbonyl (C=O) groups is 3. The number of nitrogens with one attached hydrogen (secondary N) is 1. The van der Waals surface area contributed by atoms with Crippen LogP contribution in [0.25, 0.3) is 11.1 Å². The molecular weight excluding hydrogens is 432 g/mol. The molecule has 0 heterocycles. The highest BCUT2D eigenvalue weighted by molar-refractivity contribution is 5.81. The molecule has 0 aromatic heterocycles. The summed E-state index contributed by atoms with van der Waals surface area (Å²) in [4.78, 5) is 38.1. The van der Waals surface area contributed by atoms with Crippen molar-refractivity contribution in [2.24, 2.45) is 5.92 Å². The van der Waals surface area contributed by atoms with Crippen molar-refractivity contribution in [3.63, 3.8) is 0 Å². The fourth-order valence-electron chi connectivity index (χ4n) is 5.22. The zero-order valence-electron chi connectivity index (χ0n) is 19.7. The highest BCUT2D eigenvalue weighted by atomic mass is 16.5. The summed E-state index contributed by atoms with van der Waals surface area (Å²) in [5.41, 5.74) is 4.69. The number of aliphatic carboxylic acids is 1. The van der Waals surface area contributed by atoms with E-state index in [9.17, 15) is 14.4 Å². The number of fused-ring (bicyclic) bond motifs is 3. The second kappa shape index (κ2) is 10.3. The molecule has 0 aliphatic heterocycles. The van der Waals surface area contributed by atoms with Gasteiger partial charge in [0.1, 0.15) is 6.61 Å². The molecule has 0 bridgehead atoms. The zero-order chi connectivity index (χ0) is 24.2. The predicted octanol–water partition coefficient (Wildman–Crippen LogP) is 4.41. The smallest absolute Gasteiger partial charge is 0.407 e. The summed E-state index contributed by atoms with van der Waals surface area (Å²) in [6, 6.07) is 16.2. The predicted molar refractivity (Wildman–Crippen MR) is 128 cm³/mol. The minimum atomic E-state index is -0.917. The van der Waals surface area contributed by atoms with E-state index in [4.69, 9.17) is 9.84 Å². The molecule has 4 rings (SSSR count). The van der Waals surface area contributed by atoms with Gasteiger partial charge in [-0.1, -0.05) is 48.5 Å². The summed E-state index contributed by atoms with van der Waals surface area (Å²) >= 11 is 0. The van der Waals surface area contributed by atoms with Gasteiger partial charge in [0, 0.05) is 30.5 Å². The van der Waals surface area contributed by atoms with Gasteiger partial charge in [-0.2, -0.15) is 0 Å². The summed E-state index contributed by atoms with van der Waals surface area (Å²) in [6.07, 6.45) is 1.37. The van der Waals surface area contributed by atoms with Crippen LogP contribution in [0.15, 0.2) is 48.5 Å². The van der Waals surface area contributed by atoms with Crippen molar-refractivity contribution < 1.29 is 24.2 Å². The van der Waals surface area contributed by atoms with Crippen LogP contribution in [-0.4, -0.2) is 53.2 Å². The molecule has 2 aliphatic carbocycles. The van der Waals surface area contributed by atoms with Crippen molar-refractivity contribution in [3.05, 3.63) is 59.7 Å². The third kappa shape index (κ3) is 5.08. The van der Waals surface area contributed by atoms with Gasteiger partial charge in [0.15, 0.2) is 0 Å². The molecule has 0 unspecified atom stereocenters. The fraction of sp³-hybridized carbons (Fsp3) is 0.444. The van der Waals surface area contributed by atoms with Crippen molar-refractivity contribution in [1.82, 2.24) is 10.2 Å². The lowest BCUT2D eigenvalue weighted by Gasteiger charge is -2.29. The van der Waals surface area contributed by atoms with E-state index in [1.54, 1.807) is 4.90 Å². The molecule has 0 spiro atoms. The summed E-state index contributed by atoms with van der Waals surface area (Å²) in [7, 11) is 0. The minimum Gasteiger partial charge on any atom is -0.481 e.